The van der Waals surface area contributed by atoms with Gasteiger partial charge in [0.25, 0.3) is 0 Å². The summed E-state index contributed by atoms with van der Waals surface area (Å²) in [6.45, 7) is 12.4. The van der Waals surface area contributed by atoms with Gasteiger partial charge in [0.15, 0.2) is 5.96 Å². The first-order chi connectivity index (χ1) is 10.5. The molecular formula is C16H35N5S. The largest absolute Gasteiger partial charge is 0.356 e. The predicted molar refractivity (Wildman–Crippen MR) is 100 cm³/mol. The molecule has 0 saturated carbocycles. The maximum atomic E-state index is 4.30. The van der Waals surface area contributed by atoms with Gasteiger partial charge in [-0.2, -0.15) is 11.8 Å². The monoisotopic (exact) mass is 329 g/mol. The lowest BCUT2D eigenvalue weighted by atomic mass is 10.2. The molecule has 1 rings (SSSR count). The highest BCUT2D eigenvalue weighted by Gasteiger charge is 2.16. The summed E-state index contributed by atoms with van der Waals surface area (Å²) in [5.41, 5.74) is 0. The Hall–Kier alpha value is -0.460. The molecular weight excluding hydrogens is 294 g/mol. The highest BCUT2D eigenvalue weighted by Crippen LogP contribution is 2.19. The van der Waals surface area contributed by atoms with E-state index in [1.165, 1.54) is 39.1 Å². The Morgan fingerprint density at radius 3 is 2.64 bits per heavy atom. The summed E-state index contributed by atoms with van der Waals surface area (Å²) in [6, 6.07) is 0. The number of aliphatic imine (C=N–C) groups is 1. The minimum Gasteiger partial charge on any atom is -0.356 e. The molecule has 0 amide bonds. The smallest absolute Gasteiger partial charge is 0.191 e. The van der Waals surface area contributed by atoms with Gasteiger partial charge < -0.3 is 20.4 Å². The van der Waals surface area contributed by atoms with Crippen LogP contribution >= 0.6 is 11.8 Å². The summed E-state index contributed by atoms with van der Waals surface area (Å²) >= 11 is 1.87. The van der Waals surface area contributed by atoms with Gasteiger partial charge in [-0.15, -0.1) is 0 Å². The summed E-state index contributed by atoms with van der Waals surface area (Å²) in [5, 5.41) is 6.84. The first kappa shape index (κ1) is 19.6. The van der Waals surface area contributed by atoms with Gasteiger partial charge in [0, 0.05) is 38.0 Å². The van der Waals surface area contributed by atoms with Crippen LogP contribution in [0.3, 0.4) is 0 Å². The first-order valence-electron chi connectivity index (χ1n) is 8.37. The van der Waals surface area contributed by atoms with Crippen LogP contribution in [0.2, 0.25) is 0 Å². The van der Waals surface area contributed by atoms with Gasteiger partial charge in [0.05, 0.1) is 0 Å². The average molecular weight is 330 g/mol. The summed E-state index contributed by atoms with van der Waals surface area (Å²) in [4.78, 5) is 9.31. The molecule has 0 atom stereocenters. The number of nitrogens with zero attached hydrogens (tertiary/aromatic N) is 3. The van der Waals surface area contributed by atoms with Gasteiger partial charge in [-0.25, -0.2) is 0 Å². The zero-order valence-electron chi connectivity index (χ0n) is 15.1. The molecule has 5 nitrogen and oxygen atoms in total. The normalized spacial score (nSPS) is 19.0. The van der Waals surface area contributed by atoms with E-state index in [0.717, 1.165) is 25.5 Å². The van der Waals surface area contributed by atoms with Gasteiger partial charge in [-0.1, -0.05) is 0 Å². The number of rotatable bonds is 7. The fraction of sp³-hybridized carbons (Fsp3) is 0.938. The summed E-state index contributed by atoms with van der Waals surface area (Å²) in [7, 11) is 4.06. The van der Waals surface area contributed by atoms with Crippen molar-refractivity contribution in [3.8, 4) is 0 Å². The van der Waals surface area contributed by atoms with E-state index in [1.807, 2.05) is 18.8 Å². The second kappa shape index (κ2) is 10.3. The van der Waals surface area contributed by atoms with E-state index >= 15 is 0 Å². The molecule has 0 bridgehead atoms. The fourth-order valence-corrected chi connectivity index (χ4v) is 2.64. The molecule has 0 aliphatic carbocycles. The molecule has 0 spiro atoms. The Morgan fingerprint density at radius 2 is 1.95 bits per heavy atom. The van der Waals surface area contributed by atoms with E-state index in [2.05, 4.69) is 52.6 Å². The zero-order valence-corrected chi connectivity index (χ0v) is 15.9. The maximum Gasteiger partial charge on any atom is 0.191 e. The Kier molecular flexibility index (Phi) is 9.21. The molecule has 2 N–H and O–H groups in total. The topological polar surface area (TPSA) is 42.9 Å². The molecule has 1 heterocycles. The summed E-state index contributed by atoms with van der Waals surface area (Å²) in [5.74, 6) is 0.915. The second-order valence-electron chi connectivity index (χ2n) is 6.67. The SMILES string of the molecule is CN=C(NCCCN1CCCN(C)CC1)NCC(C)(C)SC. The van der Waals surface area contributed by atoms with Crippen molar-refractivity contribution in [1.29, 1.82) is 0 Å². The molecule has 22 heavy (non-hydrogen) atoms. The third-order valence-corrected chi connectivity index (χ3v) is 5.46. The minimum atomic E-state index is 0.232. The molecule has 6 heteroatoms. The first-order valence-corrected chi connectivity index (χ1v) is 9.60. The molecule has 0 aromatic heterocycles. The minimum absolute atomic E-state index is 0.232. The van der Waals surface area contributed by atoms with Crippen molar-refractivity contribution in [1.82, 2.24) is 20.4 Å². The Bertz CT molecular complexity index is 332. The second-order valence-corrected chi connectivity index (χ2v) is 8.18. The van der Waals surface area contributed by atoms with Gasteiger partial charge in [-0.05, 0) is 59.6 Å². The quantitative estimate of drug-likeness (QED) is 0.419. The van der Waals surface area contributed by atoms with Crippen LogP contribution in [0.15, 0.2) is 4.99 Å². The van der Waals surface area contributed by atoms with Crippen LogP contribution in [0, 0.1) is 0 Å². The number of likely N-dealkylation sites (N-methyl/N-ethyl adjacent to an activating group) is 1. The number of nitrogens with one attached hydrogen (secondary N) is 2. The van der Waals surface area contributed by atoms with Crippen LogP contribution in [-0.4, -0.2) is 86.7 Å². The average Bonchev–Trinajstić information content (AvgIpc) is 2.71. The fourth-order valence-electron chi connectivity index (χ4n) is 2.42. The standard InChI is InChI=1S/C16H35N5S/c1-16(2,22-5)14-19-15(17-3)18-8-6-10-21-11-7-9-20(4)12-13-21/h6-14H2,1-5H3,(H2,17,18,19). The molecule has 1 fully saturated rings. The Morgan fingerprint density at radius 1 is 1.18 bits per heavy atom. The molecule has 1 aliphatic heterocycles. The molecule has 1 saturated heterocycles. The molecule has 0 radical (unpaired) electrons. The molecule has 1 aliphatic rings. The van der Waals surface area contributed by atoms with E-state index in [4.69, 9.17) is 0 Å². The van der Waals surface area contributed by atoms with E-state index in [0.29, 0.717) is 0 Å². The third-order valence-electron chi connectivity index (χ3n) is 4.21. The van der Waals surface area contributed by atoms with E-state index in [-0.39, 0.29) is 4.75 Å². The van der Waals surface area contributed by atoms with Crippen LogP contribution in [0.25, 0.3) is 0 Å². The molecule has 0 aromatic rings. The highest BCUT2D eigenvalue weighted by atomic mass is 32.2. The number of hydrogen-bond donors (Lipinski definition) is 2. The number of thioether (sulfide) groups is 1. The van der Waals surface area contributed by atoms with Crippen molar-refractivity contribution >= 4 is 17.7 Å². The van der Waals surface area contributed by atoms with Crippen molar-refractivity contribution in [2.75, 3.05) is 66.2 Å². The molecule has 0 aromatic carbocycles. The van der Waals surface area contributed by atoms with Gasteiger partial charge in [-0.3, -0.25) is 4.99 Å². The lowest BCUT2D eigenvalue weighted by Gasteiger charge is -2.24. The Labute approximate surface area is 141 Å². The third kappa shape index (κ3) is 8.25. The lowest BCUT2D eigenvalue weighted by Crippen LogP contribution is -2.44. The van der Waals surface area contributed by atoms with Crippen LogP contribution in [0.5, 0.6) is 0 Å². The lowest BCUT2D eigenvalue weighted by molar-refractivity contribution is 0.274. The van der Waals surface area contributed by atoms with Crippen molar-refractivity contribution in [2.24, 2.45) is 4.99 Å². The highest BCUT2D eigenvalue weighted by molar-refractivity contribution is 7.99. The van der Waals surface area contributed by atoms with E-state index < -0.39 is 0 Å². The van der Waals surface area contributed by atoms with Crippen LogP contribution in [0.4, 0.5) is 0 Å². The predicted octanol–water partition coefficient (Wildman–Crippen LogP) is 1.32. The summed E-state index contributed by atoms with van der Waals surface area (Å²) in [6.07, 6.45) is 4.60. The van der Waals surface area contributed by atoms with E-state index in [9.17, 15) is 0 Å². The van der Waals surface area contributed by atoms with Crippen molar-refractivity contribution in [3.63, 3.8) is 0 Å². The van der Waals surface area contributed by atoms with Crippen LogP contribution in [-0.2, 0) is 0 Å². The summed E-state index contributed by atoms with van der Waals surface area (Å²) < 4.78 is 0.232. The molecule has 0 unspecified atom stereocenters. The van der Waals surface area contributed by atoms with Crippen molar-refractivity contribution < 1.29 is 0 Å². The molecule has 130 valence electrons. The zero-order chi connectivity index (χ0) is 16.4. The van der Waals surface area contributed by atoms with Crippen molar-refractivity contribution in [2.45, 2.75) is 31.4 Å². The van der Waals surface area contributed by atoms with E-state index in [1.54, 1.807) is 0 Å². The van der Waals surface area contributed by atoms with Crippen molar-refractivity contribution in [3.05, 3.63) is 0 Å². The van der Waals surface area contributed by atoms with Gasteiger partial charge >= 0.3 is 0 Å². The number of hydrogen-bond acceptors (Lipinski definition) is 4. The van der Waals surface area contributed by atoms with Gasteiger partial charge in [0.2, 0.25) is 0 Å². The van der Waals surface area contributed by atoms with Gasteiger partial charge in [0.1, 0.15) is 0 Å². The Balaban J connectivity index is 2.16. The van der Waals surface area contributed by atoms with Crippen LogP contribution < -0.4 is 10.6 Å². The van der Waals surface area contributed by atoms with Crippen LogP contribution in [0.1, 0.15) is 26.7 Å². The number of guanidine groups is 1. The maximum absolute atomic E-state index is 4.30.